The number of rotatable bonds is 9. The molecule has 0 bridgehead atoms. The highest BCUT2D eigenvalue weighted by atomic mass is 16.5. The van der Waals surface area contributed by atoms with Crippen LogP contribution in [0.2, 0.25) is 0 Å². The molecule has 0 unspecified atom stereocenters. The van der Waals surface area contributed by atoms with Crippen molar-refractivity contribution in [1.82, 2.24) is 9.78 Å². The molecule has 0 aliphatic heterocycles. The van der Waals surface area contributed by atoms with E-state index < -0.39 is 0 Å². The van der Waals surface area contributed by atoms with Gasteiger partial charge in [-0.25, -0.2) is 0 Å². The Morgan fingerprint density at radius 2 is 1.91 bits per heavy atom. The van der Waals surface area contributed by atoms with Gasteiger partial charge in [-0.15, -0.1) is 0 Å². The predicted molar refractivity (Wildman–Crippen MR) is 124 cm³/mol. The minimum absolute atomic E-state index is 0.116. The first-order valence-corrected chi connectivity index (χ1v) is 10.3. The van der Waals surface area contributed by atoms with Gasteiger partial charge in [0.05, 0.1) is 18.9 Å². The molecule has 2 aromatic carbocycles. The van der Waals surface area contributed by atoms with Crippen molar-refractivity contribution in [2.75, 3.05) is 19.0 Å². The predicted octanol–water partition coefficient (Wildman–Crippen LogP) is 4.44. The van der Waals surface area contributed by atoms with Gasteiger partial charge in [0.15, 0.2) is 23.9 Å². The van der Waals surface area contributed by atoms with Crippen molar-refractivity contribution < 1.29 is 19.1 Å². The van der Waals surface area contributed by atoms with Crippen LogP contribution in [0, 0.1) is 13.8 Å². The van der Waals surface area contributed by atoms with Gasteiger partial charge in [0.25, 0.3) is 5.91 Å². The number of para-hydroxylation sites is 1. The summed E-state index contributed by atoms with van der Waals surface area (Å²) in [5.41, 5.74) is 3.91. The Kier molecular flexibility index (Phi) is 7.44. The summed E-state index contributed by atoms with van der Waals surface area (Å²) in [6.45, 7) is 6.34. The van der Waals surface area contributed by atoms with Crippen LogP contribution in [0.1, 0.15) is 34.1 Å². The molecule has 0 saturated heterocycles. The number of methoxy groups -OCH3 is 1. The average molecular weight is 434 g/mol. The van der Waals surface area contributed by atoms with Gasteiger partial charge >= 0.3 is 0 Å². The largest absolute Gasteiger partial charge is 0.493 e. The molecule has 0 radical (unpaired) electrons. The number of carbonyl (C=O) groups excluding carboxylic acids is 2. The molecule has 1 amide bonds. The molecule has 3 aromatic rings. The standard InChI is InChI=1S/C25H27N3O4/c1-5-28-18(3)20(15-26-28)22(29)12-10-19-11-13-23(24(14-19)31-4)32-16-25(30)27-21-9-7-6-8-17(21)2/h6-15H,5,16H2,1-4H3,(H,27,30)/b12-10+. The van der Waals surface area contributed by atoms with Crippen molar-refractivity contribution in [2.45, 2.75) is 27.3 Å². The lowest BCUT2D eigenvalue weighted by molar-refractivity contribution is -0.118. The zero-order chi connectivity index (χ0) is 23.1. The van der Waals surface area contributed by atoms with Gasteiger partial charge in [0.2, 0.25) is 0 Å². The topological polar surface area (TPSA) is 82.5 Å². The van der Waals surface area contributed by atoms with Crippen LogP contribution < -0.4 is 14.8 Å². The number of aryl methyl sites for hydroxylation is 2. The molecule has 1 aromatic heterocycles. The number of carbonyl (C=O) groups is 2. The van der Waals surface area contributed by atoms with Gasteiger partial charge in [-0.1, -0.05) is 30.3 Å². The number of nitrogens with zero attached hydrogens (tertiary/aromatic N) is 2. The van der Waals surface area contributed by atoms with Crippen LogP contribution in [0.15, 0.2) is 54.7 Å². The van der Waals surface area contributed by atoms with Crippen LogP contribution in [0.5, 0.6) is 11.5 Å². The molecule has 1 heterocycles. The molecule has 0 spiro atoms. The Morgan fingerprint density at radius 1 is 1.12 bits per heavy atom. The van der Waals surface area contributed by atoms with Gasteiger partial charge in [-0.2, -0.15) is 5.10 Å². The highest BCUT2D eigenvalue weighted by molar-refractivity contribution is 6.07. The monoisotopic (exact) mass is 433 g/mol. The third-order valence-electron chi connectivity index (χ3n) is 5.06. The number of benzene rings is 2. The van der Waals surface area contributed by atoms with Crippen LogP contribution in [-0.2, 0) is 11.3 Å². The molecule has 0 aliphatic rings. The fourth-order valence-corrected chi connectivity index (χ4v) is 3.22. The number of amides is 1. The maximum absolute atomic E-state index is 12.5. The molecule has 32 heavy (non-hydrogen) atoms. The van der Waals surface area contributed by atoms with Crippen molar-refractivity contribution >= 4 is 23.5 Å². The molecular weight excluding hydrogens is 406 g/mol. The molecule has 1 N–H and O–H groups in total. The quantitative estimate of drug-likeness (QED) is 0.398. The fraction of sp³-hybridized carbons (Fsp3) is 0.240. The minimum Gasteiger partial charge on any atom is -0.493 e. The molecule has 3 rings (SSSR count). The summed E-state index contributed by atoms with van der Waals surface area (Å²) < 4.78 is 12.8. The summed E-state index contributed by atoms with van der Waals surface area (Å²) in [5.74, 6) is 0.530. The van der Waals surface area contributed by atoms with Crippen LogP contribution in [-0.4, -0.2) is 35.2 Å². The second-order valence-electron chi connectivity index (χ2n) is 7.22. The number of nitrogens with one attached hydrogen (secondary N) is 1. The summed E-state index contributed by atoms with van der Waals surface area (Å²) in [6.07, 6.45) is 4.81. The lowest BCUT2D eigenvalue weighted by Crippen LogP contribution is -2.20. The van der Waals surface area contributed by atoms with Gasteiger partial charge < -0.3 is 14.8 Å². The number of anilines is 1. The van der Waals surface area contributed by atoms with Crippen molar-refractivity contribution in [1.29, 1.82) is 0 Å². The molecule has 166 valence electrons. The van der Waals surface area contributed by atoms with E-state index >= 15 is 0 Å². The van der Waals surface area contributed by atoms with Crippen LogP contribution >= 0.6 is 0 Å². The maximum atomic E-state index is 12.5. The first-order valence-electron chi connectivity index (χ1n) is 10.3. The van der Waals surface area contributed by atoms with Gasteiger partial charge in [-0.05, 0) is 56.2 Å². The Bertz CT molecular complexity index is 1150. The molecule has 7 nitrogen and oxygen atoms in total. The van der Waals surface area contributed by atoms with Gasteiger partial charge in [0, 0.05) is 17.9 Å². The van der Waals surface area contributed by atoms with Crippen LogP contribution in [0.4, 0.5) is 5.69 Å². The van der Waals surface area contributed by atoms with Crippen molar-refractivity contribution in [3.8, 4) is 11.5 Å². The number of hydrogen-bond acceptors (Lipinski definition) is 5. The normalized spacial score (nSPS) is 10.9. The maximum Gasteiger partial charge on any atom is 0.262 e. The molecule has 0 atom stereocenters. The van der Waals surface area contributed by atoms with E-state index in [9.17, 15) is 9.59 Å². The Hall–Kier alpha value is -3.87. The first kappa shape index (κ1) is 22.8. The number of allylic oxidation sites excluding steroid dienone is 1. The molecule has 0 saturated carbocycles. The lowest BCUT2D eigenvalue weighted by atomic mass is 10.1. The van der Waals surface area contributed by atoms with E-state index in [-0.39, 0.29) is 18.3 Å². The summed E-state index contributed by atoms with van der Waals surface area (Å²) in [5, 5.41) is 7.04. The van der Waals surface area contributed by atoms with Crippen molar-refractivity contribution in [3.63, 3.8) is 0 Å². The Labute approximate surface area is 187 Å². The van der Waals surface area contributed by atoms with E-state index in [1.807, 2.05) is 45.0 Å². The molecule has 0 fully saturated rings. The fourth-order valence-electron chi connectivity index (χ4n) is 3.22. The zero-order valence-electron chi connectivity index (χ0n) is 18.7. The summed E-state index contributed by atoms with van der Waals surface area (Å²) in [4.78, 5) is 24.7. The number of aromatic nitrogens is 2. The first-order chi connectivity index (χ1) is 15.4. The zero-order valence-corrected chi connectivity index (χ0v) is 18.7. The third kappa shape index (κ3) is 5.43. The molecule has 7 heteroatoms. The summed E-state index contributed by atoms with van der Waals surface area (Å²) >= 11 is 0. The van der Waals surface area contributed by atoms with E-state index in [2.05, 4.69) is 10.4 Å². The summed E-state index contributed by atoms with van der Waals surface area (Å²) in [6, 6.07) is 12.8. The van der Waals surface area contributed by atoms with Crippen molar-refractivity contribution in [2.24, 2.45) is 0 Å². The SMILES string of the molecule is CCn1ncc(C(=O)/C=C/c2ccc(OCC(=O)Nc3ccccc3C)c(OC)c2)c1C. The third-order valence-corrected chi connectivity index (χ3v) is 5.06. The number of ether oxygens (including phenoxy) is 2. The lowest BCUT2D eigenvalue weighted by Gasteiger charge is -2.12. The smallest absolute Gasteiger partial charge is 0.262 e. The van der Waals surface area contributed by atoms with E-state index in [1.54, 1.807) is 35.2 Å². The Balaban J connectivity index is 1.64. The second-order valence-corrected chi connectivity index (χ2v) is 7.22. The summed E-state index contributed by atoms with van der Waals surface area (Å²) in [7, 11) is 1.52. The van der Waals surface area contributed by atoms with E-state index in [0.717, 1.165) is 22.5 Å². The van der Waals surface area contributed by atoms with Crippen molar-refractivity contribution in [3.05, 3.63) is 77.1 Å². The van der Waals surface area contributed by atoms with E-state index in [4.69, 9.17) is 9.47 Å². The number of ketones is 1. The highest BCUT2D eigenvalue weighted by Gasteiger charge is 2.12. The van der Waals surface area contributed by atoms with E-state index in [0.29, 0.717) is 23.6 Å². The number of hydrogen-bond donors (Lipinski definition) is 1. The second kappa shape index (κ2) is 10.4. The van der Waals surface area contributed by atoms with E-state index in [1.165, 1.54) is 13.2 Å². The van der Waals surface area contributed by atoms with Crippen LogP contribution in [0.25, 0.3) is 6.08 Å². The Morgan fingerprint density at radius 3 is 2.59 bits per heavy atom. The van der Waals surface area contributed by atoms with Crippen LogP contribution in [0.3, 0.4) is 0 Å². The minimum atomic E-state index is -0.265. The highest BCUT2D eigenvalue weighted by Crippen LogP contribution is 2.28. The van der Waals surface area contributed by atoms with Gasteiger partial charge in [-0.3, -0.25) is 14.3 Å². The average Bonchev–Trinajstić information content (AvgIpc) is 3.18. The van der Waals surface area contributed by atoms with Gasteiger partial charge in [0.1, 0.15) is 0 Å². The molecular formula is C25H27N3O4. The molecule has 0 aliphatic carbocycles.